The second-order valence-corrected chi connectivity index (χ2v) is 6.04. The Hall–Kier alpha value is -1.93. The van der Waals surface area contributed by atoms with Crippen molar-refractivity contribution in [3.63, 3.8) is 0 Å². The summed E-state index contributed by atoms with van der Waals surface area (Å²) in [5.41, 5.74) is 1.75. The van der Waals surface area contributed by atoms with E-state index in [1.165, 1.54) is 0 Å². The molecule has 2 rings (SSSR count). The Balaban J connectivity index is 2.23. The minimum absolute atomic E-state index is 0.275. The monoisotopic (exact) mass is 344 g/mol. The quantitative estimate of drug-likeness (QED) is 0.790. The van der Waals surface area contributed by atoms with E-state index in [-0.39, 0.29) is 5.92 Å². The molecule has 0 amide bonds. The number of hydrogen-bond acceptors (Lipinski definition) is 4. The zero-order valence-corrected chi connectivity index (χ0v) is 13.9. The summed E-state index contributed by atoms with van der Waals surface area (Å²) in [6.45, 7) is 4.83. The molecule has 1 heterocycles. The largest absolute Gasteiger partial charge is 0.355 e. The Morgan fingerprint density at radius 3 is 2.71 bits per heavy atom. The predicted molar refractivity (Wildman–Crippen MR) is 87.1 cm³/mol. The summed E-state index contributed by atoms with van der Waals surface area (Å²) in [6, 6.07) is 11.7. The third-order valence-electron chi connectivity index (χ3n) is 3.08. The molecule has 0 aliphatic carbocycles. The molecule has 0 saturated carbocycles. The Morgan fingerprint density at radius 2 is 2.05 bits per heavy atom. The highest BCUT2D eigenvalue weighted by molar-refractivity contribution is 9.10. The van der Waals surface area contributed by atoms with Gasteiger partial charge in [0.2, 0.25) is 0 Å². The Bertz CT molecular complexity index is 676. The van der Waals surface area contributed by atoms with Crippen LogP contribution in [0.15, 0.2) is 34.9 Å². The van der Waals surface area contributed by atoms with Crippen molar-refractivity contribution in [1.29, 1.82) is 5.26 Å². The first kappa shape index (κ1) is 15.5. The van der Waals surface area contributed by atoms with Crippen LogP contribution in [0.25, 0.3) is 0 Å². The summed E-state index contributed by atoms with van der Waals surface area (Å²) < 4.78 is 0.786. The fourth-order valence-corrected chi connectivity index (χ4v) is 2.36. The molecule has 0 fully saturated rings. The molecule has 0 N–H and O–H groups in total. The van der Waals surface area contributed by atoms with Crippen LogP contribution in [0.4, 0.5) is 5.82 Å². The summed E-state index contributed by atoms with van der Waals surface area (Å²) in [7, 11) is 1.98. The maximum atomic E-state index is 8.96. The standard InChI is InChI=1S/C16H17BrN4/c1-11(2)16-19-14(17)8-15(20-16)21(3)10-13-6-4-5-12(7-13)9-18/h4-8,11H,10H2,1-3H3. The molecular weight excluding hydrogens is 328 g/mol. The van der Waals surface area contributed by atoms with Crippen LogP contribution in [-0.4, -0.2) is 17.0 Å². The van der Waals surface area contributed by atoms with Crippen molar-refractivity contribution in [3.05, 3.63) is 51.9 Å². The maximum Gasteiger partial charge on any atom is 0.134 e. The van der Waals surface area contributed by atoms with E-state index in [0.717, 1.165) is 21.8 Å². The molecule has 21 heavy (non-hydrogen) atoms. The number of halogens is 1. The molecule has 0 aliphatic heterocycles. The number of rotatable bonds is 4. The van der Waals surface area contributed by atoms with Crippen LogP contribution in [0.3, 0.4) is 0 Å². The highest BCUT2D eigenvalue weighted by atomic mass is 79.9. The lowest BCUT2D eigenvalue weighted by Gasteiger charge is -2.19. The van der Waals surface area contributed by atoms with Gasteiger partial charge >= 0.3 is 0 Å². The number of nitriles is 1. The van der Waals surface area contributed by atoms with Gasteiger partial charge in [-0.25, -0.2) is 9.97 Å². The molecule has 2 aromatic rings. The predicted octanol–water partition coefficient (Wildman–Crippen LogP) is 3.87. The van der Waals surface area contributed by atoms with Crippen molar-refractivity contribution in [2.24, 2.45) is 0 Å². The van der Waals surface area contributed by atoms with Gasteiger partial charge in [0.1, 0.15) is 16.2 Å². The lowest BCUT2D eigenvalue weighted by atomic mass is 10.1. The lowest BCUT2D eigenvalue weighted by molar-refractivity contribution is 0.757. The van der Waals surface area contributed by atoms with Gasteiger partial charge in [-0.15, -0.1) is 0 Å². The van der Waals surface area contributed by atoms with E-state index in [2.05, 4.69) is 50.7 Å². The second kappa shape index (κ2) is 6.68. The highest BCUT2D eigenvalue weighted by Crippen LogP contribution is 2.21. The molecule has 0 atom stereocenters. The highest BCUT2D eigenvalue weighted by Gasteiger charge is 2.10. The number of benzene rings is 1. The van der Waals surface area contributed by atoms with E-state index in [1.54, 1.807) is 0 Å². The second-order valence-electron chi connectivity index (χ2n) is 5.23. The summed E-state index contributed by atoms with van der Waals surface area (Å²) >= 11 is 3.44. The van der Waals surface area contributed by atoms with Crippen LogP contribution in [0.5, 0.6) is 0 Å². The van der Waals surface area contributed by atoms with Gasteiger partial charge in [0.15, 0.2) is 0 Å². The van der Waals surface area contributed by atoms with Gasteiger partial charge in [-0.1, -0.05) is 26.0 Å². The van der Waals surface area contributed by atoms with Gasteiger partial charge in [0, 0.05) is 25.6 Å². The Labute approximate surface area is 133 Å². The molecule has 0 radical (unpaired) electrons. The lowest BCUT2D eigenvalue weighted by Crippen LogP contribution is -2.19. The van der Waals surface area contributed by atoms with E-state index in [4.69, 9.17) is 5.26 Å². The third kappa shape index (κ3) is 4.02. The smallest absolute Gasteiger partial charge is 0.134 e. The van der Waals surface area contributed by atoms with E-state index in [0.29, 0.717) is 12.1 Å². The van der Waals surface area contributed by atoms with Crippen LogP contribution < -0.4 is 4.90 Å². The van der Waals surface area contributed by atoms with Crippen LogP contribution in [0.2, 0.25) is 0 Å². The fraction of sp³-hybridized carbons (Fsp3) is 0.312. The summed E-state index contributed by atoms with van der Waals surface area (Å²) in [4.78, 5) is 11.0. The van der Waals surface area contributed by atoms with Gasteiger partial charge < -0.3 is 4.90 Å². The minimum atomic E-state index is 0.275. The van der Waals surface area contributed by atoms with Crippen LogP contribution in [0.1, 0.15) is 36.7 Å². The van der Waals surface area contributed by atoms with Gasteiger partial charge in [-0.3, -0.25) is 0 Å². The number of anilines is 1. The Kier molecular flexibility index (Phi) is 4.92. The zero-order chi connectivity index (χ0) is 15.4. The zero-order valence-electron chi connectivity index (χ0n) is 12.3. The summed E-state index contributed by atoms with van der Waals surface area (Å²) in [5.74, 6) is 1.96. The molecule has 0 unspecified atom stereocenters. The van der Waals surface area contributed by atoms with E-state index in [1.807, 2.05) is 37.4 Å². The Morgan fingerprint density at radius 1 is 1.29 bits per heavy atom. The van der Waals surface area contributed by atoms with Crippen LogP contribution >= 0.6 is 15.9 Å². The van der Waals surface area contributed by atoms with E-state index in [9.17, 15) is 0 Å². The fourth-order valence-electron chi connectivity index (χ4n) is 1.97. The first-order valence-corrected chi connectivity index (χ1v) is 7.53. The number of hydrogen-bond donors (Lipinski definition) is 0. The topological polar surface area (TPSA) is 52.8 Å². The average molecular weight is 345 g/mol. The summed E-state index contributed by atoms with van der Waals surface area (Å²) in [6.07, 6.45) is 0. The molecule has 0 aliphatic rings. The average Bonchev–Trinajstić information content (AvgIpc) is 2.46. The molecule has 5 heteroatoms. The molecule has 0 saturated heterocycles. The minimum Gasteiger partial charge on any atom is -0.355 e. The van der Waals surface area contributed by atoms with Crippen LogP contribution in [0, 0.1) is 11.3 Å². The van der Waals surface area contributed by atoms with Crippen molar-refractivity contribution >= 4 is 21.7 Å². The first-order valence-electron chi connectivity index (χ1n) is 6.74. The molecule has 1 aromatic heterocycles. The van der Waals surface area contributed by atoms with Gasteiger partial charge in [-0.2, -0.15) is 5.26 Å². The molecule has 4 nitrogen and oxygen atoms in total. The molecule has 108 valence electrons. The van der Waals surface area contributed by atoms with E-state index >= 15 is 0 Å². The first-order chi connectivity index (χ1) is 9.99. The van der Waals surface area contributed by atoms with Gasteiger partial charge in [-0.05, 0) is 33.6 Å². The van der Waals surface area contributed by atoms with E-state index < -0.39 is 0 Å². The molecular formula is C16H17BrN4. The molecule has 0 bridgehead atoms. The maximum absolute atomic E-state index is 8.96. The molecule has 0 spiro atoms. The number of nitrogens with zero attached hydrogens (tertiary/aromatic N) is 4. The van der Waals surface area contributed by atoms with Crippen molar-refractivity contribution in [2.75, 3.05) is 11.9 Å². The van der Waals surface area contributed by atoms with Crippen molar-refractivity contribution in [1.82, 2.24) is 9.97 Å². The van der Waals surface area contributed by atoms with Crippen LogP contribution in [-0.2, 0) is 6.54 Å². The normalized spacial score (nSPS) is 10.5. The summed E-state index contributed by atoms with van der Waals surface area (Å²) in [5, 5.41) is 8.96. The van der Waals surface area contributed by atoms with Crippen molar-refractivity contribution in [2.45, 2.75) is 26.3 Å². The number of aromatic nitrogens is 2. The molecule has 1 aromatic carbocycles. The van der Waals surface area contributed by atoms with Gasteiger partial charge in [0.25, 0.3) is 0 Å². The SMILES string of the molecule is CC(C)c1nc(Br)cc(N(C)Cc2cccc(C#N)c2)n1. The third-order valence-corrected chi connectivity index (χ3v) is 3.49. The van der Waals surface area contributed by atoms with Crippen molar-refractivity contribution < 1.29 is 0 Å². The van der Waals surface area contributed by atoms with Gasteiger partial charge in [0.05, 0.1) is 11.6 Å². The van der Waals surface area contributed by atoms with Crippen molar-refractivity contribution in [3.8, 4) is 6.07 Å².